The van der Waals surface area contributed by atoms with Gasteiger partial charge >= 0.3 is 0 Å². The summed E-state index contributed by atoms with van der Waals surface area (Å²) in [6.45, 7) is 0. The van der Waals surface area contributed by atoms with E-state index in [4.69, 9.17) is 23.2 Å². The van der Waals surface area contributed by atoms with E-state index in [0.717, 1.165) is 11.1 Å². The van der Waals surface area contributed by atoms with Crippen molar-refractivity contribution in [2.45, 2.75) is 3.24 Å². The molecule has 2 aromatic carbocycles. The highest BCUT2D eigenvalue weighted by Gasteiger charge is 2.21. The van der Waals surface area contributed by atoms with Gasteiger partial charge in [0.2, 0.25) is 0 Å². The first-order valence-corrected chi connectivity index (χ1v) is 6.35. The molecule has 0 aliphatic rings. The Morgan fingerprint density at radius 1 is 0.750 bits per heavy atom. The van der Waals surface area contributed by atoms with Crippen LogP contribution in [0.2, 0.25) is 0 Å². The maximum atomic E-state index is 5.94. The first kappa shape index (κ1) is 12.0. The van der Waals surface area contributed by atoms with Crippen molar-refractivity contribution >= 4 is 39.1 Å². The zero-order valence-electron chi connectivity index (χ0n) is 8.33. The number of alkyl halides is 3. The maximum Gasteiger partial charge on any atom is 0.197 e. The molecule has 0 N–H and O–H groups in total. The second kappa shape index (κ2) is 4.79. The van der Waals surface area contributed by atoms with Crippen molar-refractivity contribution in [3.8, 4) is 11.1 Å². The summed E-state index contributed by atoms with van der Waals surface area (Å²) in [5, 5.41) is 0. The third-order valence-corrected chi connectivity index (χ3v) is 3.21. The van der Waals surface area contributed by atoms with Gasteiger partial charge in [-0.3, -0.25) is 0 Å². The standard InChI is InChI=1S/C13H9BrCl2/c14-13(15,16)12-8-6-11(7-9-12)10-4-2-1-3-5-10/h1-9H. The molecule has 0 saturated heterocycles. The van der Waals surface area contributed by atoms with E-state index in [1.165, 1.54) is 5.56 Å². The van der Waals surface area contributed by atoms with Crippen LogP contribution >= 0.6 is 39.1 Å². The molecule has 0 aromatic heterocycles. The van der Waals surface area contributed by atoms with Gasteiger partial charge in [0.05, 0.1) is 0 Å². The minimum Gasteiger partial charge on any atom is -0.0834 e. The van der Waals surface area contributed by atoms with Gasteiger partial charge in [0.1, 0.15) is 0 Å². The summed E-state index contributed by atoms with van der Waals surface area (Å²) in [7, 11) is 0. The largest absolute Gasteiger partial charge is 0.197 e. The van der Waals surface area contributed by atoms with Crippen LogP contribution < -0.4 is 0 Å². The Morgan fingerprint density at radius 3 is 1.75 bits per heavy atom. The lowest BCUT2D eigenvalue weighted by Gasteiger charge is -2.12. The van der Waals surface area contributed by atoms with Crippen LogP contribution in [0, 0.1) is 0 Å². The van der Waals surface area contributed by atoms with Gasteiger partial charge in [0, 0.05) is 0 Å². The SMILES string of the molecule is ClC(Cl)(Br)c1ccc(-c2ccccc2)cc1. The third-order valence-electron chi connectivity index (χ3n) is 2.32. The normalized spacial score (nSPS) is 11.4. The van der Waals surface area contributed by atoms with Crippen LogP contribution in [0.1, 0.15) is 5.56 Å². The molecule has 16 heavy (non-hydrogen) atoms. The van der Waals surface area contributed by atoms with Crippen LogP contribution in [0.4, 0.5) is 0 Å². The predicted octanol–water partition coefficient (Wildman–Crippen LogP) is 5.34. The van der Waals surface area contributed by atoms with Crippen LogP contribution in [0.5, 0.6) is 0 Å². The van der Waals surface area contributed by atoms with Crippen molar-refractivity contribution in [1.82, 2.24) is 0 Å². The predicted molar refractivity (Wildman–Crippen MR) is 74.2 cm³/mol. The highest BCUT2D eigenvalue weighted by Crippen LogP contribution is 2.40. The summed E-state index contributed by atoms with van der Waals surface area (Å²) in [6.07, 6.45) is 0. The summed E-state index contributed by atoms with van der Waals surface area (Å²) >= 11 is 15.1. The minimum atomic E-state index is -1.01. The van der Waals surface area contributed by atoms with E-state index in [2.05, 4.69) is 28.1 Å². The molecule has 2 rings (SSSR count). The summed E-state index contributed by atoms with van der Waals surface area (Å²) in [5.74, 6) is 0. The number of hydrogen-bond donors (Lipinski definition) is 0. The quantitative estimate of drug-likeness (QED) is 0.656. The van der Waals surface area contributed by atoms with Gasteiger partial charge in [-0.15, -0.1) is 0 Å². The smallest absolute Gasteiger partial charge is 0.0834 e. The van der Waals surface area contributed by atoms with Crippen molar-refractivity contribution in [3.63, 3.8) is 0 Å². The van der Waals surface area contributed by atoms with Gasteiger partial charge < -0.3 is 0 Å². The number of benzene rings is 2. The lowest BCUT2D eigenvalue weighted by atomic mass is 10.0. The van der Waals surface area contributed by atoms with Gasteiger partial charge in [-0.25, -0.2) is 0 Å². The first-order valence-electron chi connectivity index (χ1n) is 4.80. The molecular weight excluding hydrogens is 307 g/mol. The number of hydrogen-bond acceptors (Lipinski definition) is 0. The Morgan fingerprint density at radius 2 is 1.25 bits per heavy atom. The van der Waals surface area contributed by atoms with Crippen LogP contribution in [-0.2, 0) is 3.24 Å². The molecule has 0 spiro atoms. The number of rotatable bonds is 2. The van der Waals surface area contributed by atoms with Crippen LogP contribution in [0.25, 0.3) is 11.1 Å². The molecule has 0 saturated carbocycles. The Hall–Kier alpha value is -0.500. The van der Waals surface area contributed by atoms with Gasteiger partial charge in [-0.2, -0.15) is 0 Å². The average Bonchev–Trinajstić information content (AvgIpc) is 2.29. The van der Waals surface area contributed by atoms with Gasteiger partial charge in [0.25, 0.3) is 0 Å². The lowest BCUT2D eigenvalue weighted by molar-refractivity contribution is 1.29. The summed E-state index contributed by atoms with van der Waals surface area (Å²) < 4.78 is -1.01. The molecule has 0 radical (unpaired) electrons. The molecule has 0 atom stereocenters. The zero-order chi connectivity index (χ0) is 11.6. The Labute approximate surface area is 113 Å². The fourth-order valence-electron chi connectivity index (χ4n) is 1.48. The molecule has 0 fully saturated rings. The van der Waals surface area contributed by atoms with Gasteiger partial charge in [-0.1, -0.05) is 77.8 Å². The van der Waals surface area contributed by atoms with E-state index in [-0.39, 0.29) is 0 Å². The van der Waals surface area contributed by atoms with Crippen molar-refractivity contribution in [2.24, 2.45) is 0 Å². The molecule has 0 unspecified atom stereocenters. The minimum absolute atomic E-state index is 0.829. The van der Waals surface area contributed by atoms with E-state index in [1.807, 2.05) is 42.5 Å². The second-order valence-corrected chi connectivity index (χ2v) is 6.87. The second-order valence-electron chi connectivity index (χ2n) is 3.44. The summed E-state index contributed by atoms with van der Waals surface area (Å²) in [5.41, 5.74) is 3.16. The topological polar surface area (TPSA) is 0 Å². The molecular formula is C13H9BrCl2. The zero-order valence-corrected chi connectivity index (χ0v) is 11.4. The number of halogens is 3. The van der Waals surface area contributed by atoms with E-state index in [1.54, 1.807) is 0 Å². The molecule has 3 heteroatoms. The molecule has 0 heterocycles. The Balaban J connectivity index is 2.34. The molecule has 82 valence electrons. The van der Waals surface area contributed by atoms with E-state index >= 15 is 0 Å². The Kier molecular flexibility index (Phi) is 3.58. The molecule has 0 bridgehead atoms. The Bertz CT molecular complexity index is 458. The molecule has 0 aliphatic carbocycles. The maximum absolute atomic E-state index is 5.94. The van der Waals surface area contributed by atoms with Crippen LogP contribution in [0.15, 0.2) is 54.6 Å². The van der Waals surface area contributed by atoms with Crippen LogP contribution in [-0.4, -0.2) is 0 Å². The van der Waals surface area contributed by atoms with E-state index in [0.29, 0.717) is 0 Å². The van der Waals surface area contributed by atoms with Crippen LogP contribution in [0.3, 0.4) is 0 Å². The molecule has 0 nitrogen and oxygen atoms in total. The van der Waals surface area contributed by atoms with E-state index < -0.39 is 3.24 Å². The average molecular weight is 316 g/mol. The van der Waals surface area contributed by atoms with Crippen molar-refractivity contribution in [1.29, 1.82) is 0 Å². The summed E-state index contributed by atoms with van der Waals surface area (Å²) in [4.78, 5) is 0. The fourth-order valence-corrected chi connectivity index (χ4v) is 2.00. The summed E-state index contributed by atoms with van der Waals surface area (Å²) in [6, 6.07) is 18.0. The van der Waals surface area contributed by atoms with Gasteiger partial charge in [-0.05, 0) is 32.6 Å². The van der Waals surface area contributed by atoms with E-state index in [9.17, 15) is 0 Å². The highest BCUT2D eigenvalue weighted by molar-refractivity contribution is 9.10. The fraction of sp³-hybridized carbons (Fsp3) is 0.0769. The van der Waals surface area contributed by atoms with Gasteiger partial charge in [0.15, 0.2) is 3.24 Å². The molecule has 0 amide bonds. The monoisotopic (exact) mass is 314 g/mol. The van der Waals surface area contributed by atoms with Crippen molar-refractivity contribution in [3.05, 3.63) is 60.2 Å². The molecule has 0 aliphatic heterocycles. The highest BCUT2D eigenvalue weighted by atomic mass is 79.9. The first-order chi connectivity index (χ1) is 7.57. The third kappa shape index (κ3) is 2.79. The van der Waals surface area contributed by atoms with Crippen molar-refractivity contribution in [2.75, 3.05) is 0 Å². The molecule has 2 aromatic rings. The lowest BCUT2D eigenvalue weighted by Crippen LogP contribution is -1.98. The van der Waals surface area contributed by atoms with Crippen molar-refractivity contribution < 1.29 is 0 Å².